The first-order valence-electron chi connectivity index (χ1n) is 10.1. The van der Waals surface area contributed by atoms with Gasteiger partial charge in [-0.1, -0.05) is 0 Å². The molecular formula is C24H16FN7O. The van der Waals surface area contributed by atoms with E-state index in [2.05, 4.69) is 30.1 Å². The van der Waals surface area contributed by atoms with E-state index in [1.165, 1.54) is 25.6 Å². The summed E-state index contributed by atoms with van der Waals surface area (Å²) >= 11 is 0. The second-order valence-corrected chi connectivity index (χ2v) is 7.50. The molecule has 2 N–H and O–H groups in total. The van der Waals surface area contributed by atoms with Crippen LogP contribution in [0, 0.1) is 5.82 Å². The molecule has 6 aromatic rings. The van der Waals surface area contributed by atoms with Crippen LogP contribution in [-0.4, -0.2) is 42.2 Å². The Hall–Kier alpha value is -4.66. The van der Waals surface area contributed by atoms with Gasteiger partial charge in [0, 0.05) is 41.2 Å². The van der Waals surface area contributed by atoms with Crippen molar-refractivity contribution in [2.45, 2.75) is 0 Å². The minimum Gasteiger partial charge on any atom is -0.497 e. The van der Waals surface area contributed by atoms with E-state index in [1.807, 2.05) is 18.2 Å². The van der Waals surface area contributed by atoms with E-state index in [9.17, 15) is 4.39 Å². The molecular weight excluding hydrogens is 421 g/mol. The molecule has 0 unspecified atom stereocenters. The molecule has 5 aromatic heterocycles. The van der Waals surface area contributed by atoms with E-state index in [4.69, 9.17) is 9.72 Å². The largest absolute Gasteiger partial charge is 0.497 e. The molecule has 0 bridgehead atoms. The number of ether oxygens (including phenoxy) is 1. The van der Waals surface area contributed by atoms with Crippen LogP contribution in [0.5, 0.6) is 5.75 Å². The second-order valence-electron chi connectivity index (χ2n) is 7.50. The first-order valence-corrected chi connectivity index (χ1v) is 10.1. The summed E-state index contributed by atoms with van der Waals surface area (Å²) in [7, 11) is 1.51. The molecule has 0 aliphatic rings. The predicted molar refractivity (Wildman–Crippen MR) is 122 cm³/mol. The molecule has 0 spiro atoms. The van der Waals surface area contributed by atoms with E-state index in [0.29, 0.717) is 22.5 Å². The number of halogens is 1. The summed E-state index contributed by atoms with van der Waals surface area (Å²) in [5, 5.41) is 8.41. The quantitative estimate of drug-likeness (QED) is 0.411. The van der Waals surface area contributed by atoms with E-state index in [-0.39, 0.29) is 5.82 Å². The SMILES string of the molecule is COc1cc(F)cc(-c2cncc3[nH]c(-c4n[nH]c5ccc(-c6cncnc6)nc45)cc23)c1. The van der Waals surface area contributed by atoms with Gasteiger partial charge in [-0.2, -0.15) is 5.10 Å². The van der Waals surface area contributed by atoms with Crippen LogP contribution in [0.3, 0.4) is 0 Å². The number of methoxy groups -OCH3 is 1. The van der Waals surface area contributed by atoms with Gasteiger partial charge in [0.1, 0.15) is 29.1 Å². The summed E-state index contributed by atoms with van der Waals surface area (Å²) in [6.07, 6.45) is 8.36. The van der Waals surface area contributed by atoms with Crippen molar-refractivity contribution in [3.63, 3.8) is 0 Å². The summed E-state index contributed by atoms with van der Waals surface area (Å²) in [6, 6.07) is 10.4. The Morgan fingerprint density at radius 1 is 0.879 bits per heavy atom. The first kappa shape index (κ1) is 19.1. The summed E-state index contributed by atoms with van der Waals surface area (Å²) < 4.78 is 19.4. The summed E-state index contributed by atoms with van der Waals surface area (Å²) in [4.78, 5) is 20.6. The zero-order chi connectivity index (χ0) is 22.4. The molecule has 0 saturated heterocycles. The lowest BCUT2D eigenvalue weighted by atomic mass is 10.0. The van der Waals surface area contributed by atoms with Gasteiger partial charge in [0.05, 0.1) is 35.7 Å². The fourth-order valence-corrected chi connectivity index (χ4v) is 3.92. The average Bonchev–Trinajstić information content (AvgIpc) is 3.47. The van der Waals surface area contributed by atoms with Crippen LogP contribution in [-0.2, 0) is 0 Å². The van der Waals surface area contributed by atoms with Gasteiger partial charge in [-0.3, -0.25) is 10.1 Å². The fraction of sp³-hybridized carbons (Fsp3) is 0.0417. The van der Waals surface area contributed by atoms with E-state index in [0.717, 1.165) is 38.9 Å². The number of fused-ring (bicyclic) bond motifs is 2. The second kappa shape index (κ2) is 7.49. The minimum absolute atomic E-state index is 0.378. The Morgan fingerprint density at radius 3 is 2.61 bits per heavy atom. The molecule has 33 heavy (non-hydrogen) atoms. The number of rotatable bonds is 4. The van der Waals surface area contributed by atoms with Gasteiger partial charge in [-0.25, -0.2) is 19.3 Å². The van der Waals surface area contributed by atoms with Crippen LogP contribution in [0.25, 0.3) is 55.7 Å². The standard InChI is InChI=1S/C24H16FN7O/c1-33-16-5-13(4-15(25)6-16)18-10-26-11-22-17(18)7-21(29-22)24-23-20(31-32-24)3-2-19(30-23)14-8-27-12-28-9-14/h2-12,29H,1H3,(H,31,32). The third-order valence-electron chi connectivity index (χ3n) is 5.48. The third kappa shape index (κ3) is 3.26. The topological polar surface area (TPSA) is 105 Å². The average molecular weight is 437 g/mol. The molecule has 0 saturated carbocycles. The third-order valence-corrected chi connectivity index (χ3v) is 5.48. The van der Waals surface area contributed by atoms with Crippen LogP contribution in [0.4, 0.5) is 4.39 Å². The Bertz CT molecular complexity index is 1620. The van der Waals surface area contributed by atoms with Crippen LogP contribution in [0.15, 0.2) is 67.5 Å². The fourth-order valence-electron chi connectivity index (χ4n) is 3.92. The van der Waals surface area contributed by atoms with E-state index >= 15 is 0 Å². The van der Waals surface area contributed by atoms with Gasteiger partial charge in [0.25, 0.3) is 0 Å². The number of H-pyrrole nitrogens is 2. The molecule has 0 aliphatic heterocycles. The van der Waals surface area contributed by atoms with Crippen molar-refractivity contribution < 1.29 is 9.13 Å². The zero-order valence-corrected chi connectivity index (χ0v) is 17.4. The predicted octanol–water partition coefficient (Wildman–Crippen LogP) is 4.77. The van der Waals surface area contributed by atoms with Crippen LogP contribution < -0.4 is 4.74 Å². The number of nitrogens with zero attached hydrogens (tertiary/aromatic N) is 5. The highest BCUT2D eigenvalue weighted by molar-refractivity contribution is 6.00. The van der Waals surface area contributed by atoms with Gasteiger partial charge in [0.15, 0.2) is 0 Å². The Morgan fingerprint density at radius 2 is 1.76 bits per heavy atom. The van der Waals surface area contributed by atoms with Crippen molar-refractivity contribution in [2.75, 3.05) is 7.11 Å². The molecule has 9 heteroatoms. The number of pyridine rings is 2. The van der Waals surface area contributed by atoms with Crippen molar-refractivity contribution >= 4 is 21.9 Å². The number of nitrogens with one attached hydrogen (secondary N) is 2. The summed E-state index contributed by atoms with van der Waals surface area (Å²) in [5.41, 5.74) is 6.77. The van der Waals surface area contributed by atoms with Crippen molar-refractivity contribution in [1.29, 1.82) is 0 Å². The highest BCUT2D eigenvalue weighted by atomic mass is 19.1. The van der Waals surface area contributed by atoms with E-state index < -0.39 is 0 Å². The van der Waals surface area contributed by atoms with Gasteiger partial charge in [0.2, 0.25) is 0 Å². The lowest BCUT2D eigenvalue weighted by Gasteiger charge is -2.06. The molecule has 0 fully saturated rings. The number of aromatic nitrogens is 7. The molecule has 0 amide bonds. The normalized spacial score (nSPS) is 11.3. The van der Waals surface area contributed by atoms with Crippen molar-refractivity contribution in [2.24, 2.45) is 0 Å². The highest BCUT2D eigenvalue weighted by Gasteiger charge is 2.16. The van der Waals surface area contributed by atoms with Crippen LogP contribution in [0.1, 0.15) is 0 Å². The Kier molecular flexibility index (Phi) is 4.32. The molecule has 0 aliphatic carbocycles. The Labute approximate surface area is 186 Å². The first-order chi connectivity index (χ1) is 16.2. The van der Waals surface area contributed by atoms with Crippen LogP contribution >= 0.6 is 0 Å². The highest BCUT2D eigenvalue weighted by Crippen LogP contribution is 2.35. The zero-order valence-electron chi connectivity index (χ0n) is 17.4. The lowest BCUT2D eigenvalue weighted by Crippen LogP contribution is -1.88. The summed E-state index contributed by atoms with van der Waals surface area (Å²) in [6.45, 7) is 0. The molecule has 5 heterocycles. The minimum atomic E-state index is -0.378. The number of hydrogen-bond acceptors (Lipinski definition) is 6. The Balaban J connectivity index is 1.50. The molecule has 0 atom stereocenters. The van der Waals surface area contributed by atoms with Gasteiger partial charge >= 0.3 is 0 Å². The van der Waals surface area contributed by atoms with Crippen molar-refractivity contribution in [1.82, 2.24) is 35.1 Å². The molecule has 6 rings (SSSR count). The van der Waals surface area contributed by atoms with Crippen molar-refractivity contribution in [3.8, 4) is 39.5 Å². The monoisotopic (exact) mass is 437 g/mol. The molecule has 8 nitrogen and oxygen atoms in total. The molecule has 160 valence electrons. The van der Waals surface area contributed by atoms with Crippen molar-refractivity contribution in [3.05, 3.63) is 73.3 Å². The van der Waals surface area contributed by atoms with Crippen LogP contribution in [0.2, 0.25) is 0 Å². The number of aromatic amines is 2. The lowest BCUT2D eigenvalue weighted by molar-refractivity contribution is 0.411. The van der Waals surface area contributed by atoms with E-state index in [1.54, 1.807) is 30.9 Å². The number of benzene rings is 1. The maximum absolute atomic E-state index is 14.1. The van der Waals surface area contributed by atoms with Gasteiger partial charge in [-0.05, 0) is 35.9 Å². The van der Waals surface area contributed by atoms with Gasteiger partial charge in [-0.15, -0.1) is 0 Å². The van der Waals surface area contributed by atoms with Gasteiger partial charge < -0.3 is 9.72 Å². The molecule has 0 radical (unpaired) electrons. The number of hydrogen-bond donors (Lipinski definition) is 2. The summed E-state index contributed by atoms with van der Waals surface area (Å²) in [5.74, 6) is 0.0645. The smallest absolute Gasteiger partial charge is 0.135 e. The molecule has 1 aromatic carbocycles. The maximum Gasteiger partial charge on any atom is 0.135 e. The maximum atomic E-state index is 14.1.